The van der Waals surface area contributed by atoms with Gasteiger partial charge in [0.05, 0.1) is 6.33 Å². The van der Waals surface area contributed by atoms with Crippen LogP contribution in [0.4, 0.5) is 0 Å². The van der Waals surface area contributed by atoms with Gasteiger partial charge in [-0.15, -0.1) is 0 Å². The molecule has 1 rings (SSSR count). The minimum atomic E-state index is 0.0750. The average molecular weight is 276 g/mol. The molecule has 5 heteroatoms. The zero-order valence-corrected chi connectivity index (χ0v) is 12.5. The van der Waals surface area contributed by atoms with Gasteiger partial charge in [0.1, 0.15) is 12.1 Å². The summed E-state index contributed by atoms with van der Waals surface area (Å²) in [5.41, 5.74) is 0.649. The fourth-order valence-corrected chi connectivity index (χ4v) is 3.03. The molecule has 19 heavy (non-hydrogen) atoms. The summed E-state index contributed by atoms with van der Waals surface area (Å²) in [6.45, 7) is 5.02. The molecular formula is C14H20N4S. The quantitative estimate of drug-likeness (QED) is 0.778. The molecule has 0 N–H and O–H groups in total. The molecular weight excluding hydrogens is 256 g/mol. The van der Waals surface area contributed by atoms with Crippen molar-refractivity contribution in [3.8, 4) is 12.1 Å². The number of hydrogen-bond acceptors (Lipinski definition) is 4. The molecule has 0 fully saturated rings. The van der Waals surface area contributed by atoms with Crippen molar-refractivity contribution in [2.45, 2.75) is 46.1 Å². The van der Waals surface area contributed by atoms with Crippen LogP contribution in [0.5, 0.6) is 0 Å². The van der Waals surface area contributed by atoms with Gasteiger partial charge < -0.3 is 4.57 Å². The molecule has 0 spiro atoms. The summed E-state index contributed by atoms with van der Waals surface area (Å²) in [6, 6.07) is 4.04. The predicted octanol–water partition coefficient (Wildman–Crippen LogP) is 3.14. The number of thiol groups is 1. The zero-order chi connectivity index (χ0) is 14.3. The number of nitriles is 2. The van der Waals surface area contributed by atoms with Crippen LogP contribution in [0.1, 0.15) is 50.9 Å². The molecule has 0 saturated carbocycles. The highest BCUT2D eigenvalue weighted by atomic mass is 32.1. The van der Waals surface area contributed by atoms with Crippen LogP contribution in [0.25, 0.3) is 0 Å². The van der Waals surface area contributed by atoms with Gasteiger partial charge in [0.2, 0.25) is 0 Å². The van der Waals surface area contributed by atoms with Crippen LogP contribution in [0.3, 0.4) is 0 Å². The smallest absolute Gasteiger partial charge is 0.176 e. The number of aromatic nitrogens is 2. The Kier molecular flexibility index (Phi) is 5.92. The van der Waals surface area contributed by atoms with E-state index in [1.165, 1.54) is 0 Å². The lowest BCUT2D eigenvalue weighted by molar-refractivity contribution is 0.231. The van der Waals surface area contributed by atoms with Crippen molar-refractivity contribution in [1.29, 1.82) is 10.5 Å². The third-order valence-corrected chi connectivity index (χ3v) is 4.12. The van der Waals surface area contributed by atoms with Crippen LogP contribution in [0, 0.1) is 28.1 Å². The van der Waals surface area contributed by atoms with E-state index < -0.39 is 0 Å². The average Bonchev–Trinajstić information content (AvgIpc) is 2.80. The molecule has 4 nitrogen and oxygen atoms in total. The maximum atomic E-state index is 9.17. The van der Waals surface area contributed by atoms with E-state index >= 15 is 0 Å². The third kappa shape index (κ3) is 3.52. The van der Waals surface area contributed by atoms with E-state index in [-0.39, 0.29) is 11.1 Å². The standard InChI is InChI=1S/C14H20N4S/c1-3-5-14(10-19,6-4-2)9-18-11-17-12(7-15)13(18)8-16/h11,19H,3-6,9-10H2,1-2H3. The van der Waals surface area contributed by atoms with Crippen molar-refractivity contribution >= 4 is 12.6 Å². The number of rotatable bonds is 7. The Morgan fingerprint density at radius 2 is 1.89 bits per heavy atom. The minimum absolute atomic E-state index is 0.0750. The van der Waals surface area contributed by atoms with Crippen molar-refractivity contribution in [3.63, 3.8) is 0 Å². The van der Waals surface area contributed by atoms with Crippen LogP contribution >= 0.6 is 12.6 Å². The van der Waals surface area contributed by atoms with Gasteiger partial charge in [-0.2, -0.15) is 23.2 Å². The second-order valence-corrected chi connectivity index (χ2v) is 5.27. The highest BCUT2D eigenvalue weighted by Gasteiger charge is 2.28. The van der Waals surface area contributed by atoms with Gasteiger partial charge in [-0.25, -0.2) is 4.98 Å². The molecule has 1 aromatic heterocycles. The Balaban J connectivity index is 3.06. The Morgan fingerprint density at radius 3 is 2.32 bits per heavy atom. The van der Waals surface area contributed by atoms with Crippen LogP contribution in [-0.2, 0) is 6.54 Å². The van der Waals surface area contributed by atoms with Gasteiger partial charge in [0.25, 0.3) is 0 Å². The third-order valence-electron chi connectivity index (χ3n) is 3.45. The molecule has 0 aromatic carbocycles. The summed E-state index contributed by atoms with van der Waals surface area (Å²) >= 11 is 4.51. The van der Waals surface area contributed by atoms with E-state index in [2.05, 4.69) is 37.5 Å². The highest BCUT2D eigenvalue weighted by Crippen LogP contribution is 2.33. The Morgan fingerprint density at radius 1 is 1.26 bits per heavy atom. The van der Waals surface area contributed by atoms with Crippen LogP contribution in [0.15, 0.2) is 6.33 Å². The minimum Gasteiger partial charge on any atom is -0.321 e. The van der Waals surface area contributed by atoms with E-state index in [1.54, 1.807) is 10.9 Å². The molecule has 0 bridgehead atoms. The summed E-state index contributed by atoms with van der Waals surface area (Å²) in [5, 5.41) is 18.1. The molecule has 0 aliphatic rings. The lowest BCUT2D eigenvalue weighted by Gasteiger charge is -2.32. The number of hydrogen-bond donors (Lipinski definition) is 1. The van der Waals surface area contributed by atoms with Gasteiger partial charge >= 0.3 is 0 Å². The van der Waals surface area contributed by atoms with Crippen LogP contribution in [0.2, 0.25) is 0 Å². The SMILES string of the molecule is CCCC(CS)(CCC)Cn1cnc(C#N)c1C#N. The Hall–Kier alpha value is -1.46. The van der Waals surface area contributed by atoms with Crippen molar-refractivity contribution in [1.82, 2.24) is 9.55 Å². The van der Waals surface area contributed by atoms with Crippen molar-refractivity contribution < 1.29 is 0 Å². The van der Waals surface area contributed by atoms with Gasteiger partial charge in [0, 0.05) is 6.54 Å². The highest BCUT2D eigenvalue weighted by molar-refractivity contribution is 7.80. The van der Waals surface area contributed by atoms with E-state index in [1.807, 2.05) is 6.07 Å². The zero-order valence-electron chi connectivity index (χ0n) is 11.6. The van der Waals surface area contributed by atoms with E-state index in [9.17, 15) is 0 Å². The first kappa shape index (κ1) is 15.6. The lowest BCUT2D eigenvalue weighted by atomic mass is 9.81. The van der Waals surface area contributed by atoms with Crippen LogP contribution in [-0.4, -0.2) is 15.3 Å². The van der Waals surface area contributed by atoms with Gasteiger partial charge in [0.15, 0.2) is 11.4 Å². The molecule has 0 amide bonds. The molecule has 0 unspecified atom stereocenters. The van der Waals surface area contributed by atoms with Gasteiger partial charge in [-0.3, -0.25) is 0 Å². The molecule has 0 atom stereocenters. The summed E-state index contributed by atoms with van der Waals surface area (Å²) in [7, 11) is 0. The molecule has 0 radical (unpaired) electrons. The molecule has 1 aromatic rings. The largest absolute Gasteiger partial charge is 0.321 e. The fraction of sp³-hybridized carbons (Fsp3) is 0.643. The predicted molar refractivity (Wildman–Crippen MR) is 77.8 cm³/mol. The van der Waals surface area contributed by atoms with Gasteiger partial charge in [-0.1, -0.05) is 26.7 Å². The lowest BCUT2D eigenvalue weighted by Crippen LogP contribution is -2.29. The topological polar surface area (TPSA) is 65.4 Å². The summed E-state index contributed by atoms with van der Waals surface area (Å²) in [4.78, 5) is 4.00. The first-order valence-electron chi connectivity index (χ1n) is 6.62. The molecule has 102 valence electrons. The normalized spacial score (nSPS) is 11.0. The number of imidazole rings is 1. The summed E-state index contributed by atoms with van der Waals surface area (Å²) in [5.74, 6) is 0.777. The fourth-order valence-electron chi connectivity index (χ4n) is 2.61. The van der Waals surface area contributed by atoms with Crippen molar-refractivity contribution in [2.24, 2.45) is 5.41 Å². The maximum absolute atomic E-state index is 9.17. The second kappa shape index (κ2) is 7.21. The first-order chi connectivity index (χ1) is 9.16. The van der Waals surface area contributed by atoms with E-state index in [0.29, 0.717) is 12.2 Å². The van der Waals surface area contributed by atoms with Crippen LogP contribution < -0.4 is 0 Å². The molecule has 0 saturated heterocycles. The Labute approximate surface area is 120 Å². The maximum Gasteiger partial charge on any atom is 0.176 e. The second-order valence-electron chi connectivity index (χ2n) is 4.95. The Bertz CT molecular complexity index is 487. The summed E-state index contributed by atoms with van der Waals surface area (Å²) in [6.07, 6.45) is 5.90. The monoisotopic (exact) mass is 276 g/mol. The first-order valence-corrected chi connectivity index (χ1v) is 7.25. The van der Waals surface area contributed by atoms with Gasteiger partial charge in [-0.05, 0) is 24.0 Å². The number of nitrogens with zero attached hydrogens (tertiary/aromatic N) is 4. The molecule has 1 heterocycles. The van der Waals surface area contributed by atoms with E-state index in [4.69, 9.17) is 10.5 Å². The summed E-state index contributed by atoms with van der Waals surface area (Å²) < 4.78 is 1.81. The van der Waals surface area contributed by atoms with Crippen molar-refractivity contribution in [2.75, 3.05) is 5.75 Å². The van der Waals surface area contributed by atoms with E-state index in [0.717, 1.165) is 31.4 Å². The molecule has 0 aliphatic carbocycles. The molecule has 0 aliphatic heterocycles. The van der Waals surface area contributed by atoms with Crippen molar-refractivity contribution in [3.05, 3.63) is 17.7 Å².